The molecule has 2 rings (SSSR count). The van der Waals surface area contributed by atoms with Gasteiger partial charge < -0.3 is 5.11 Å². The SMILES string of the molecule is C[C@@H](O)C=CSc1ccc2ccccc2c1. The molecule has 0 unspecified atom stereocenters. The molecule has 0 saturated heterocycles. The van der Waals surface area contributed by atoms with Crippen LogP contribution >= 0.6 is 11.8 Å². The third kappa shape index (κ3) is 2.87. The van der Waals surface area contributed by atoms with E-state index in [1.807, 2.05) is 17.5 Å². The molecule has 0 aliphatic rings. The summed E-state index contributed by atoms with van der Waals surface area (Å²) < 4.78 is 0. The van der Waals surface area contributed by atoms with Gasteiger partial charge in [0.25, 0.3) is 0 Å². The molecule has 16 heavy (non-hydrogen) atoms. The van der Waals surface area contributed by atoms with Crippen LogP contribution in [-0.4, -0.2) is 11.2 Å². The Morgan fingerprint density at radius 2 is 1.88 bits per heavy atom. The Morgan fingerprint density at radius 1 is 1.12 bits per heavy atom. The van der Waals surface area contributed by atoms with E-state index in [1.54, 1.807) is 24.8 Å². The summed E-state index contributed by atoms with van der Waals surface area (Å²) in [4.78, 5) is 1.19. The largest absolute Gasteiger partial charge is 0.389 e. The van der Waals surface area contributed by atoms with E-state index in [2.05, 4.69) is 30.3 Å². The lowest BCUT2D eigenvalue weighted by atomic mass is 10.1. The molecule has 0 amide bonds. The number of hydrogen-bond acceptors (Lipinski definition) is 2. The van der Waals surface area contributed by atoms with Crippen LogP contribution in [0.25, 0.3) is 10.8 Å². The maximum atomic E-state index is 9.10. The molecule has 82 valence electrons. The maximum Gasteiger partial charge on any atom is 0.0700 e. The lowest BCUT2D eigenvalue weighted by Gasteiger charge is -2.00. The minimum atomic E-state index is -0.382. The fourth-order valence-electron chi connectivity index (χ4n) is 1.47. The van der Waals surface area contributed by atoms with Gasteiger partial charge in [-0.2, -0.15) is 0 Å². The van der Waals surface area contributed by atoms with Gasteiger partial charge in [0.2, 0.25) is 0 Å². The van der Waals surface area contributed by atoms with Crippen LogP contribution in [0.2, 0.25) is 0 Å². The molecule has 2 heteroatoms. The third-order valence-corrected chi connectivity index (χ3v) is 3.10. The van der Waals surface area contributed by atoms with Crippen molar-refractivity contribution in [1.82, 2.24) is 0 Å². The highest BCUT2D eigenvalue weighted by Gasteiger charge is 1.95. The predicted octanol–water partition coefficient (Wildman–Crippen LogP) is 3.83. The average molecular weight is 230 g/mol. The Hall–Kier alpha value is -1.25. The molecule has 0 bridgehead atoms. The van der Waals surface area contributed by atoms with Gasteiger partial charge >= 0.3 is 0 Å². The Morgan fingerprint density at radius 3 is 2.62 bits per heavy atom. The Bertz CT molecular complexity index is 503. The smallest absolute Gasteiger partial charge is 0.0700 e. The van der Waals surface area contributed by atoms with Gasteiger partial charge in [-0.1, -0.05) is 42.1 Å². The number of aliphatic hydroxyl groups is 1. The molecule has 2 aromatic rings. The topological polar surface area (TPSA) is 20.2 Å². The summed E-state index contributed by atoms with van der Waals surface area (Å²) in [6, 6.07) is 14.7. The van der Waals surface area contributed by atoms with Crippen molar-refractivity contribution in [2.75, 3.05) is 0 Å². The molecule has 0 aliphatic heterocycles. The summed E-state index contributed by atoms with van der Waals surface area (Å²) >= 11 is 1.62. The lowest BCUT2D eigenvalue weighted by Crippen LogP contribution is -1.90. The first-order valence-electron chi connectivity index (χ1n) is 5.26. The summed E-state index contributed by atoms with van der Waals surface area (Å²) in [5.74, 6) is 0. The minimum Gasteiger partial charge on any atom is -0.389 e. The lowest BCUT2D eigenvalue weighted by molar-refractivity contribution is 0.244. The van der Waals surface area contributed by atoms with Crippen LogP contribution in [0, 0.1) is 0 Å². The number of fused-ring (bicyclic) bond motifs is 1. The fraction of sp³-hybridized carbons (Fsp3) is 0.143. The molecular weight excluding hydrogens is 216 g/mol. The molecule has 0 spiro atoms. The highest BCUT2D eigenvalue weighted by Crippen LogP contribution is 2.24. The second-order valence-electron chi connectivity index (χ2n) is 3.70. The molecule has 1 atom stereocenters. The zero-order valence-corrected chi connectivity index (χ0v) is 9.95. The molecule has 2 aromatic carbocycles. The summed E-state index contributed by atoms with van der Waals surface area (Å²) in [6.45, 7) is 1.75. The van der Waals surface area contributed by atoms with E-state index < -0.39 is 0 Å². The van der Waals surface area contributed by atoms with Gasteiger partial charge in [-0.15, -0.1) is 0 Å². The summed E-state index contributed by atoms with van der Waals surface area (Å²) in [5, 5.41) is 13.5. The maximum absolute atomic E-state index is 9.10. The Balaban J connectivity index is 2.20. The van der Waals surface area contributed by atoms with Crippen LogP contribution < -0.4 is 0 Å². The summed E-state index contributed by atoms with van der Waals surface area (Å²) in [7, 11) is 0. The molecule has 0 radical (unpaired) electrons. The van der Waals surface area contributed by atoms with Crippen molar-refractivity contribution in [1.29, 1.82) is 0 Å². The molecule has 0 aromatic heterocycles. The van der Waals surface area contributed by atoms with Crippen molar-refractivity contribution < 1.29 is 5.11 Å². The van der Waals surface area contributed by atoms with Crippen molar-refractivity contribution in [2.24, 2.45) is 0 Å². The van der Waals surface area contributed by atoms with Gasteiger partial charge in [-0.05, 0) is 41.3 Å². The first-order valence-corrected chi connectivity index (χ1v) is 6.14. The van der Waals surface area contributed by atoms with E-state index >= 15 is 0 Å². The molecule has 0 saturated carbocycles. The number of rotatable bonds is 3. The fourth-order valence-corrected chi connectivity index (χ4v) is 2.28. The first kappa shape index (κ1) is 11.2. The van der Waals surface area contributed by atoms with Gasteiger partial charge in [-0.3, -0.25) is 0 Å². The zero-order valence-electron chi connectivity index (χ0n) is 9.13. The predicted molar refractivity (Wildman–Crippen MR) is 70.6 cm³/mol. The van der Waals surface area contributed by atoms with E-state index in [-0.39, 0.29) is 6.10 Å². The Kier molecular flexibility index (Phi) is 3.65. The van der Waals surface area contributed by atoms with Crippen LogP contribution in [0.1, 0.15) is 6.92 Å². The van der Waals surface area contributed by atoms with Crippen LogP contribution in [0.15, 0.2) is 58.8 Å². The van der Waals surface area contributed by atoms with E-state index in [0.717, 1.165) is 0 Å². The zero-order chi connectivity index (χ0) is 11.4. The summed E-state index contributed by atoms with van der Waals surface area (Å²) in [6.07, 6.45) is 1.40. The molecule has 0 aliphatic carbocycles. The van der Waals surface area contributed by atoms with Crippen molar-refractivity contribution in [3.05, 3.63) is 53.9 Å². The van der Waals surface area contributed by atoms with Crippen LogP contribution in [0.5, 0.6) is 0 Å². The van der Waals surface area contributed by atoms with E-state index in [1.165, 1.54) is 15.7 Å². The third-order valence-electron chi connectivity index (χ3n) is 2.28. The standard InChI is InChI=1S/C14H14OS/c1-11(15)8-9-16-14-7-6-12-4-2-3-5-13(12)10-14/h2-11,15H,1H3/t11-/m1/s1. The average Bonchev–Trinajstić information content (AvgIpc) is 2.28. The highest BCUT2D eigenvalue weighted by atomic mass is 32.2. The number of aliphatic hydroxyl groups excluding tert-OH is 1. The minimum absolute atomic E-state index is 0.382. The first-order chi connectivity index (χ1) is 7.75. The van der Waals surface area contributed by atoms with Gasteiger partial charge in [0.15, 0.2) is 0 Å². The van der Waals surface area contributed by atoms with Crippen molar-refractivity contribution in [3.8, 4) is 0 Å². The molecule has 1 N–H and O–H groups in total. The van der Waals surface area contributed by atoms with Crippen LogP contribution in [-0.2, 0) is 0 Å². The highest BCUT2D eigenvalue weighted by molar-refractivity contribution is 8.02. The number of thioether (sulfide) groups is 1. The molecule has 0 heterocycles. The van der Waals surface area contributed by atoms with Crippen LogP contribution in [0.3, 0.4) is 0 Å². The molecule has 0 fully saturated rings. The van der Waals surface area contributed by atoms with E-state index in [0.29, 0.717) is 0 Å². The van der Waals surface area contributed by atoms with Crippen molar-refractivity contribution in [3.63, 3.8) is 0 Å². The molecule has 1 nitrogen and oxygen atoms in total. The van der Waals surface area contributed by atoms with Gasteiger partial charge in [0.1, 0.15) is 0 Å². The van der Waals surface area contributed by atoms with Gasteiger partial charge in [0.05, 0.1) is 6.10 Å². The quantitative estimate of drug-likeness (QED) is 0.809. The Labute approximate surface area is 99.8 Å². The second kappa shape index (κ2) is 5.19. The van der Waals surface area contributed by atoms with Gasteiger partial charge in [0, 0.05) is 4.90 Å². The van der Waals surface area contributed by atoms with Crippen molar-refractivity contribution >= 4 is 22.5 Å². The van der Waals surface area contributed by atoms with Crippen molar-refractivity contribution in [2.45, 2.75) is 17.9 Å². The van der Waals surface area contributed by atoms with E-state index in [4.69, 9.17) is 5.11 Å². The summed E-state index contributed by atoms with van der Waals surface area (Å²) in [5.41, 5.74) is 0. The molecular formula is C14H14OS. The van der Waals surface area contributed by atoms with Crippen LogP contribution in [0.4, 0.5) is 0 Å². The number of benzene rings is 2. The second-order valence-corrected chi connectivity index (χ2v) is 4.68. The van der Waals surface area contributed by atoms with E-state index in [9.17, 15) is 0 Å². The normalized spacial score (nSPS) is 13.4. The monoisotopic (exact) mass is 230 g/mol. The van der Waals surface area contributed by atoms with Gasteiger partial charge in [-0.25, -0.2) is 0 Å². The number of hydrogen-bond donors (Lipinski definition) is 1.